The summed E-state index contributed by atoms with van der Waals surface area (Å²) in [5.41, 5.74) is -0.878. The van der Waals surface area contributed by atoms with E-state index in [1.165, 1.54) is 12.1 Å². The third kappa shape index (κ3) is 9.26. The molecule has 2 rings (SSSR count). The van der Waals surface area contributed by atoms with E-state index in [-0.39, 0.29) is 13.8 Å². The van der Waals surface area contributed by atoms with Crippen LogP contribution in [0.25, 0.3) is 0 Å². The van der Waals surface area contributed by atoms with Crippen LogP contribution in [0.2, 0.25) is 0 Å². The number of benzene rings is 2. The summed E-state index contributed by atoms with van der Waals surface area (Å²) >= 11 is 3.15. The zero-order chi connectivity index (χ0) is 21.0. The summed E-state index contributed by atoms with van der Waals surface area (Å²) in [6.45, 7) is 4.96. The van der Waals surface area contributed by atoms with Crippen LogP contribution in [-0.2, 0) is 0 Å². The molecule has 0 atom stereocenters. The Labute approximate surface area is 172 Å². The molecule has 0 fully saturated rings. The van der Waals surface area contributed by atoms with Crippen LogP contribution in [0.15, 0.2) is 36.4 Å². The van der Waals surface area contributed by atoms with Crippen LogP contribution in [0.4, 0.5) is 17.6 Å². The normalized spacial score (nSPS) is 9.14. The molecule has 0 aliphatic rings. The Balaban J connectivity index is 0. The van der Waals surface area contributed by atoms with Crippen LogP contribution in [0.5, 0.6) is 0 Å². The Morgan fingerprint density at radius 2 is 1.14 bits per heavy atom. The molecule has 28 heavy (non-hydrogen) atoms. The average Bonchev–Trinajstić information content (AvgIpc) is 2.56. The molecule has 0 N–H and O–H groups in total. The zero-order valence-electron chi connectivity index (χ0n) is 15.3. The molecule has 0 unspecified atom stereocenters. The Morgan fingerprint density at radius 3 is 1.39 bits per heavy atom. The number of hydrogen-bond acceptors (Lipinski definition) is 2. The van der Waals surface area contributed by atoms with Gasteiger partial charge in [-0.1, -0.05) is 49.3 Å². The second-order valence-electron chi connectivity index (χ2n) is 5.19. The largest absolute Gasteiger partial charge is 0.294 e. The number of carbonyl (C=O) groups is 2. The van der Waals surface area contributed by atoms with Gasteiger partial charge in [0.2, 0.25) is 0 Å². The third-order valence-corrected chi connectivity index (χ3v) is 3.03. The standard InChI is InChI=1S/C10H10F2O.C8H6F2O.C2H5Br.CH4/c1-2-4-9(13)10-7(11)5-3-6-8(10)12;1-5(11)8-6(9)3-2-4-7(8)10;1-2-3;/h3,5-6H,2,4H2,1H3;2-4H,1H3;2H2,1H3;1H4. The van der Waals surface area contributed by atoms with Crippen molar-refractivity contribution < 1.29 is 27.2 Å². The lowest BCUT2D eigenvalue weighted by Crippen LogP contribution is -2.04. The van der Waals surface area contributed by atoms with E-state index in [0.29, 0.717) is 6.42 Å². The smallest absolute Gasteiger partial charge is 0.168 e. The van der Waals surface area contributed by atoms with E-state index in [1.54, 1.807) is 6.92 Å². The molecule has 0 aromatic heterocycles. The van der Waals surface area contributed by atoms with Crippen LogP contribution < -0.4 is 0 Å². The summed E-state index contributed by atoms with van der Waals surface area (Å²) in [7, 11) is 0. The molecule has 0 saturated carbocycles. The molecule has 0 aliphatic carbocycles. The Hall–Kier alpha value is -2.02. The van der Waals surface area contributed by atoms with Gasteiger partial charge in [0.05, 0.1) is 11.1 Å². The topological polar surface area (TPSA) is 34.1 Å². The van der Waals surface area contributed by atoms with Crippen LogP contribution in [0, 0.1) is 23.3 Å². The molecule has 2 nitrogen and oxygen atoms in total. The maximum absolute atomic E-state index is 13.0. The van der Waals surface area contributed by atoms with Gasteiger partial charge >= 0.3 is 0 Å². The monoisotopic (exact) mass is 464 g/mol. The SMILES string of the molecule is C.CC(=O)c1c(F)cccc1F.CCBr.CCCC(=O)c1c(F)cccc1F. The van der Waals surface area contributed by atoms with Crippen molar-refractivity contribution in [2.75, 3.05) is 5.33 Å². The molecule has 0 aliphatic heterocycles. The summed E-state index contributed by atoms with van der Waals surface area (Å²) in [5.74, 6) is -4.24. The van der Waals surface area contributed by atoms with Gasteiger partial charge in [0.1, 0.15) is 23.3 Å². The molecule has 0 spiro atoms. The Morgan fingerprint density at radius 1 is 0.821 bits per heavy atom. The lowest BCUT2D eigenvalue weighted by molar-refractivity contribution is 0.0971. The fourth-order valence-electron chi connectivity index (χ4n) is 1.95. The summed E-state index contributed by atoms with van der Waals surface area (Å²) in [4.78, 5) is 21.8. The molecule has 7 heteroatoms. The van der Waals surface area contributed by atoms with Crippen molar-refractivity contribution in [2.45, 2.75) is 41.0 Å². The lowest BCUT2D eigenvalue weighted by atomic mass is 10.1. The highest BCUT2D eigenvalue weighted by Gasteiger charge is 2.15. The van der Waals surface area contributed by atoms with Crippen molar-refractivity contribution in [1.82, 2.24) is 0 Å². The number of halogens is 5. The number of carbonyl (C=O) groups excluding carboxylic acids is 2. The molecular formula is C21H25BrF4O2. The molecule has 0 bridgehead atoms. The third-order valence-electron chi connectivity index (χ3n) is 3.03. The molecule has 0 amide bonds. The minimum absolute atomic E-state index is 0. The van der Waals surface area contributed by atoms with E-state index in [9.17, 15) is 27.2 Å². The fraction of sp³-hybridized carbons (Fsp3) is 0.333. The van der Waals surface area contributed by atoms with Gasteiger partial charge in [0.25, 0.3) is 0 Å². The number of hydrogen-bond donors (Lipinski definition) is 0. The van der Waals surface area contributed by atoms with Gasteiger partial charge in [0, 0.05) is 11.8 Å². The predicted octanol–water partition coefficient (Wildman–Crippen LogP) is 7.15. The minimum Gasteiger partial charge on any atom is -0.294 e. The number of alkyl halides is 1. The number of Topliss-reactive ketones (excluding diaryl/α,β-unsaturated/α-hetero) is 2. The summed E-state index contributed by atoms with van der Waals surface area (Å²) < 4.78 is 51.2. The summed E-state index contributed by atoms with van der Waals surface area (Å²) in [6.07, 6.45) is 0.768. The molecule has 0 heterocycles. The van der Waals surface area contributed by atoms with E-state index in [0.717, 1.165) is 36.5 Å². The second kappa shape index (κ2) is 15.0. The highest BCUT2D eigenvalue weighted by atomic mass is 79.9. The van der Waals surface area contributed by atoms with Gasteiger partial charge in [0.15, 0.2) is 11.6 Å². The average molecular weight is 465 g/mol. The van der Waals surface area contributed by atoms with Gasteiger partial charge < -0.3 is 0 Å². The van der Waals surface area contributed by atoms with E-state index < -0.39 is 46.0 Å². The zero-order valence-corrected chi connectivity index (χ0v) is 16.9. The van der Waals surface area contributed by atoms with Gasteiger partial charge in [-0.2, -0.15) is 0 Å². The van der Waals surface area contributed by atoms with E-state index in [4.69, 9.17) is 0 Å². The second-order valence-corrected chi connectivity index (χ2v) is 6.31. The number of rotatable bonds is 4. The van der Waals surface area contributed by atoms with E-state index >= 15 is 0 Å². The molecule has 2 aromatic rings. The predicted molar refractivity (Wildman–Crippen MR) is 108 cm³/mol. The van der Waals surface area contributed by atoms with Gasteiger partial charge in [-0.25, -0.2) is 17.6 Å². The van der Waals surface area contributed by atoms with Crippen molar-refractivity contribution >= 4 is 27.5 Å². The van der Waals surface area contributed by atoms with Crippen LogP contribution in [-0.4, -0.2) is 16.9 Å². The highest BCUT2D eigenvalue weighted by molar-refractivity contribution is 9.09. The van der Waals surface area contributed by atoms with Crippen molar-refractivity contribution in [1.29, 1.82) is 0 Å². The first-order valence-corrected chi connectivity index (χ1v) is 9.31. The summed E-state index contributed by atoms with van der Waals surface area (Å²) in [6, 6.07) is 6.75. The van der Waals surface area contributed by atoms with Gasteiger partial charge in [-0.3, -0.25) is 9.59 Å². The Kier molecular flexibility index (Phi) is 15.1. The van der Waals surface area contributed by atoms with E-state index in [2.05, 4.69) is 15.9 Å². The quantitative estimate of drug-likeness (QED) is 0.273. The first-order valence-electron chi connectivity index (χ1n) is 8.19. The van der Waals surface area contributed by atoms with Gasteiger partial charge in [-0.05, 0) is 37.6 Å². The van der Waals surface area contributed by atoms with Crippen LogP contribution in [0.3, 0.4) is 0 Å². The molecular weight excluding hydrogens is 440 g/mol. The molecule has 0 radical (unpaired) electrons. The van der Waals surface area contributed by atoms with Crippen molar-refractivity contribution in [3.05, 3.63) is 70.8 Å². The van der Waals surface area contributed by atoms with Crippen molar-refractivity contribution in [2.24, 2.45) is 0 Å². The maximum Gasteiger partial charge on any atom is 0.168 e. The highest BCUT2D eigenvalue weighted by Crippen LogP contribution is 2.14. The van der Waals surface area contributed by atoms with Gasteiger partial charge in [-0.15, -0.1) is 0 Å². The minimum atomic E-state index is -0.808. The number of ketones is 2. The van der Waals surface area contributed by atoms with E-state index in [1.807, 2.05) is 6.92 Å². The molecule has 0 saturated heterocycles. The first-order chi connectivity index (χ1) is 12.7. The lowest BCUT2D eigenvalue weighted by Gasteiger charge is -2.01. The molecule has 156 valence electrons. The fourth-order valence-corrected chi connectivity index (χ4v) is 1.95. The van der Waals surface area contributed by atoms with Crippen molar-refractivity contribution in [3.63, 3.8) is 0 Å². The van der Waals surface area contributed by atoms with Crippen molar-refractivity contribution in [3.8, 4) is 0 Å². The molecule has 2 aromatic carbocycles. The first kappa shape index (κ1) is 28.2. The summed E-state index contributed by atoms with van der Waals surface area (Å²) in [5, 5.41) is 1.06. The maximum atomic E-state index is 13.0. The van der Waals surface area contributed by atoms with Crippen LogP contribution in [0.1, 0.15) is 61.8 Å². The Bertz CT molecular complexity index is 724. The van der Waals surface area contributed by atoms with Crippen LogP contribution >= 0.6 is 15.9 Å².